The predicted molar refractivity (Wildman–Crippen MR) is 85.7 cm³/mol. The Morgan fingerprint density at radius 2 is 2.10 bits per heavy atom. The van der Waals surface area contributed by atoms with Gasteiger partial charge in [-0.1, -0.05) is 11.6 Å². The molecule has 0 fully saturated rings. The lowest BCUT2D eigenvalue weighted by atomic mass is 10.2. The quantitative estimate of drug-likeness (QED) is 0.910. The molecule has 0 spiro atoms. The van der Waals surface area contributed by atoms with Gasteiger partial charge in [0.25, 0.3) is 0 Å². The summed E-state index contributed by atoms with van der Waals surface area (Å²) in [6.45, 7) is 4.97. The molecule has 5 heteroatoms. The number of hydrogen-bond acceptors (Lipinski definition) is 3. The summed E-state index contributed by atoms with van der Waals surface area (Å²) in [4.78, 5) is 2.00. The van der Waals surface area contributed by atoms with E-state index >= 15 is 0 Å². The van der Waals surface area contributed by atoms with E-state index < -0.39 is 0 Å². The number of nitrogens with one attached hydrogen (secondary N) is 1. The molecule has 0 saturated carbocycles. The van der Waals surface area contributed by atoms with Crippen molar-refractivity contribution in [2.45, 2.75) is 26.4 Å². The first-order chi connectivity index (χ1) is 9.47. The third-order valence-corrected chi connectivity index (χ3v) is 3.41. The standard InChI is InChI=1S/C15H21ClN4/c1-11(2)20-10-12(9-18-20)8-17-13-5-6-15(19(3)4)14(16)7-13/h5-7,9-11,17H,8H2,1-4H3. The minimum absolute atomic E-state index is 0.387. The van der Waals surface area contributed by atoms with Crippen molar-refractivity contribution < 1.29 is 0 Å². The Morgan fingerprint density at radius 3 is 2.65 bits per heavy atom. The van der Waals surface area contributed by atoms with Crippen molar-refractivity contribution in [2.24, 2.45) is 0 Å². The van der Waals surface area contributed by atoms with E-state index in [1.54, 1.807) is 0 Å². The largest absolute Gasteiger partial charge is 0.381 e. The minimum Gasteiger partial charge on any atom is -0.381 e. The highest BCUT2D eigenvalue weighted by molar-refractivity contribution is 6.33. The van der Waals surface area contributed by atoms with Crippen LogP contribution in [0.5, 0.6) is 0 Å². The van der Waals surface area contributed by atoms with Gasteiger partial charge in [0.15, 0.2) is 0 Å². The van der Waals surface area contributed by atoms with E-state index in [-0.39, 0.29) is 0 Å². The summed E-state index contributed by atoms with van der Waals surface area (Å²) in [5, 5.41) is 8.44. The summed E-state index contributed by atoms with van der Waals surface area (Å²) in [6.07, 6.45) is 3.95. The second-order valence-corrected chi connectivity index (χ2v) is 5.74. The fourth-order valence-corrected chi connectivity index (χ4v) is 2.28. The SMILES string of the molecule is CC(C)n1cc(CNc2ccc(N(C)C)c(Cl)c2)cn1. The number of anilines is 2. The van der Waals surface area contributed by atoms with E-state index in [2.05, 4.69) is 30.5 Å². The second kappa shape index (κ2) is 6.18. The van der Waals surface area contributed by atoms with Crippen LogP contribution in [-0.2, 0) is 6.54 Å². The normalized spacial score (nSPS) is 10.9. The maximum atomic E-state index is 6.25. The van der Waals surface area contributed by atoms with E-state index in [0.29, 0.717) is 6.04 Å². The minimum atomic E-state index is 0.387. The van der Waals surface area contributed by atoms with Crippen LogP contribution in [0.3, 0.4) is 0 Å². The van der Waals surface area contributed by atoms with E-state index in [9.17, 15) is 0 Å². The highest BCUT2D eigenvalue weighted by Crippen LogP contribution is 2.27. The lowest BCUT2D eigenvalue weighted by Gasteiger charge is -2.15. The monoisotopic (exact) mass is 292 g/mol. The van der Waals surface area contributed by atoms with Crippen molar-refractivity contribution in [3.63, 3.8) is 0 Å². The molecular formula is C15H21ClN4. The molecule has 0 aliphatic rings. The van der Waals surface area contributed by atoms with Gasteiger partial charge in [-0.25, -0.2) is 0 Å². The Hall–Kier alpha value is -1.68. The molecule has 1 heterocycles. The second-order valence-electron chi connectivity index (χ2n) is 5.34. The van der Waals surface area contributed by atoms with Crippen molar-refractivity contribution in [2.75, 3.05) is 24.3 Å². The van der Waals surface area contributed by atoms with Crippen LogP contribution in [0, 0.1) is 0 Å². The Morgan fingerprint density at radius 1 is 1.35 bits per heavy atom. The van der Waals surface area contributed by atoms with Gasteiger partial charge in [0.1, 0.15) is 0 Å². The summed E-state index contributed by atoms with van der Waals surface area (Å²) < 4.78 is 1.96. The molecule has 0 radical (unpaired) electrons. The molecule has 2 rings (SSSR count). The van der Waals surface area contributed by atoms with Crippen molar-refractivity contribution in [3.8, 4) is 0 Å². The molecule has 0 saturated heterocycles. The Balaban J connectivity index is 2.01. The maximum absolute atomic E-state index is 6.25. The number of nitrogens with zero attached hydrogens (tertiary/aromatic N) is 3. The van der Waals surface area contributed by atoms with Gasteiger partial charge >= 0.3 is 0 Å². The molecule has 108 valence electrons. The fourth-order valence-electron chi connectivity index (χ4n) is 1.93. The zero-order chi connectivity index (χ0) is 14.7. The first kappa shape index (κ1) is 14.7. The Bertz CT molecular complexity index is 575. The van der Waals surface area contributed by atoms with Crippen LogP contribution in [-0.4, -0.2) is 23.9 Å². The van der Waals surface area contributed by atoms with E-state index in [4.69, 9.17) is 11.6 Å². The number of halogens is 1. The number of aromatic nitrogens is 2. The molecule has 1 aromatic heterocycles. The number of hydrogen-bond donors (Lipinski definition) is 1. The molecule has 4 nitrogen and oxygen atoms in total. The van der Waals surface area contributed by atoms with Gasteiger partial charge in [-0.15, -0.1) is 0 Å². The summed E-state index contributed by atoms with van der Waals surface area (Å²) in [5.41, 5.74) is 3.19. The van der Waals surface area contributed by atoms with Crippen molar-refractivity contribution in [1.82, 2.24) is 9.78 Å². The molecule has 0 aliphatic carbocycles. The smallest absolute Gasteiger partial charge is 0.0659 e. The van der Waals surface area contributed by atoms with Crippen LogP contribution in [0.1, 0.15) is 25.5 Å². The van der Waals surface area contributed by atoms with E-state index in [1.807, 2.05) is 48.1 Å². The molecule has 2 aromatic rings. The average Bonchev–Trinajstić information content (AvgIpc) is 2.85. The third-order valence-electron chi connectivity index (χ3n) is 3.11. The number of rotatable bonds is 5. The molecule has 1 N–H and O–H groups in total. The van der Waals surface area contributed by atoms with Crippen molar-refractivity contribution in [1.29, 1.82) is 0 Å². The molecule has 1 aromatic carbocycles. The molecule has 0 unspecified atom stereocenters. The highest BCUT2D eigenvalue weighted by atomic mass is 35.5. The zero-order valence-corrected chi connectivity index (χ0v) is 13.1. The van der Waals surface area contributed by atoms with E-state index in [0.717, 1.165) is 28.5 Å². The van der Waals surface area contributed by atoms with Crippen LogP contribution in [0.2, 0.25) is 5.02 Å². The van der Waals surface area contributed by atoms with Gasteiger partial charge in [-0.2, -0.15) is 5.10 Å². The van der Waals surface area contributed by atoms with Crippen LogP contribution in [0.15, 0.2) is 30.6 Å². The van der Waals surface area contributed by atoms with Gasteiger partial charge in [0, 0.05) is 44.1 Å². The molecular weight excluding hydrogens is 272 g/mol. The highest BCUT2D eigenvalue weighted by Gasteiger charge is 2.05. The fraction of sp³-hybridized carbons (Fsp3) is 0.400. The molecule has 0 atom stereocenters. The Kier molecular flexibility index (Phi) is 4.55. The lowest BCUT2D eigenvalue weighted by molar-refractivity contribution is 0.532. The van der Waals surface area contributed by atoms with Crippen LogP contribution in [0.4, 0.5) is 11.4 Å². The number of benzene rings is 1. The topological polar surface area (TPSA) is 33.1 Å². The van der Waals surface area contributed by atoms with Gasteiger partial charge in [-0.05, 0) is 32.0 Å². The van der Waals surface area contributed by atoms with Crippen LogP contribution in [0.25, 0.3) is 0 Å². The summed E-state index contributed by atoms with van der Waals surface area (Å²) >= 11 is 6.25. The molecule has 0 aliphatic heterocycles. The summed E-state index contributed by atoms with van der Waals surface area (Å²) in [6, 6.07) is 6.39. The van der Waals surface area contributed by atoms with Crippen molar-refractivity contribution in [3.05, 3.63) is 41.2 Å². The van der Waals surface area contributed by atoms with E-state index in [1.165, 1.54) is 0 Å². The summed E-state index contributed by atoms with van der Waals surface area (Å²) in [5.74, 6) is 0. The van der Waals surface area contributed by atoms with Gasteiger partial charge < -0.3 is 10.2 Å². The third kappa shape index (κ3) is 3.45. The first-order valence-electron chi connectivity index (χ1n) is 6.71. The van der Waals surface area contributed by atoms with Crippen LogP contribution < -0.4 is 10.2 Å². The molecule has 0 amide bonds. The van der Waals surface area contributed by atoms with Crippen LogP contribution >= 0.6 is 11.6 Å². The van der Waals surface area contributed by atoms with Gasteiger partial charge in [0.2, 0.25) is 0 Å². The predicted octanol–water partition coefficient (Wildman–Crippen LogP) is 3.80. The lowest BCUT2D eigenvalue weighted by Crippen LogP contribution is -2.09. The maximum Gasteiger partial charge on any atom is 0.0659 e. The molecule has 0 bridgehead atoms. The van der Waals surface area contributed by atoms with Gasteiger partial charge in [0.05, 0.1) is 16.9 Å². The van der Waals surface area contributed by atoms with Crippen molar-refractivity contribution >= 4 is 23.0 Å². The van der Waals surface area contributed by atoms with Gasteiger partial charge in [-0.3, -0.25) is 4.68 Å². The molecule has 20 heavy (non-hydrogen) atoms. The first-order valence-corrected chi connectivity index (χ1v) is 7.09. The average molecular weight is 293 g/mol. The summed E-state index contributed by atoms with van der Waals surface area (Å²) in [7, 11) is 3.96. The Labute approximate surface area is 125 Å². The zero-order valence-electron chi connectivity index (χ0n) is 12.4.